The summed E-state index contributed by atoms with van der Waals surface area (Å²) in [6.45, 7) is -0.119. The Morgan fingerprint density at radius 2 is 1.87 bits per heavy atom. The highest BCUT2D eigenvalue weighted by Crippen LogP contribution is 2.21. The number of nitrogens with one attached hydrogen (secondary N) is 1. The van der Waals surface area contributed by atoms with Gasteiger partial charge < -0.3 is 15.8 Å². The first-order valence-corrected chi connectivity index (χ1v) is 9.87. The van der Waals surface area contributed by atoms with E-state index in [0.29, 0.717) is 5.69 Å². The molecule has 0 unspecified atom stereocenters. The molecule has 3 heterocycles. The van der Waals surface area contributed by atoms with E-state index in [1.807, 2.05) is 53.9 Å². The number of aromatic nitrogens is 5. The molecule has 4 rings (SSSR count). The lowest BCUT2D eigenvalue weighted by Crippen LogP contribution is -2.12. The minimum atomic E-state index is -0.440. The fourth-order valence-corrected chi connectivity index (χ4v) is 3.34. The summed E-state index contributed by atoms with van der Waals surface area (Å²) < 4.78 is 5.28. The molecule has 0 aliphatic heterocycles. The van der Waals surface area contributed by atoms with Gasteiger partial charge in [-0.05, 0) is 24.3 Å². The molecular weight excluding hydrogens is 402 g/mol. The van der Waals surface area contributed by atoms with Gasteiger partial charge in [0.2, 0.25) is 11.9 Å². The molecule has 150 valence electrons. The topological polar surface area (TPSA) is 129 Å². The average Bonchev–Trinajstić information content (AvgIpc) is 3.22. The number of hydrogen-bond donors (Lipinski definition) is 2. The number of nitrogens with two attached hydrogens (primary N) is 1. The van der Waals surface area contributed by atoms with Crippen LogP contribution < -0.4 is 11.1 Å². The first-order chi connectivity index (χ1) is 14.7. The van der Waals surface area contributed by atoms with Crippen LogP contribution in [0.4, 0.5) is 17.6 Å². The second-order valence-corrected chi connectivity index (χ2v) is 6.98. The summed E-state index contributed by atoms with van der Waals surface area (Å²) in [7, 11) is 0. The number of benzene rings is 1. The third-order valence-corrected chi connectivity index (χ3v) is 4.77. The Morgan fingerprint density at radius 1 is 1.03 bits per heavy atom. The normalized spacial score (nSPS) is 10.5. The number of carbonyl (C=O) groups excluding carboxylic acids is 1. The van der Waals surface area contributed by atoms with Crippen molar-refractivity contribution in [1.29, 1.82) is 0 Å². The highest BCUT2D eigenvalue weighted by Gasteiger charge is 2.12. The molecule has 0 fully saturated rings. The zero-order valence-electron chi connectivity index (χ0n) is 15.7. The van der Waals surface area contributed by atoms with E-state index in [1.165, 1.54) is 11.3 Å². The van der Waals surface area contributed by atoms with Crippen LogP contribution in [0.25, 0.3) is 10.7 Å². The molecule has 3 aromatic heterocycles. The van der Waals surface area contributed by atoms with E-state index in [0.717, 1.165) is 16.4 Å². The van der Waals surface area contributed by atoms with Crippen molar-refractivity contribution in [1.82, 2.24) is 24.9 Å². The lowest BCUT2D eigenvalue weighted by molar-refractivity contribution is -0.144. The Balaban J connectivity index is 1.35. The van der Waals surface area contributed by atoms with Crippen molar-refractivity contribution in [3.63, 3.8) is 0 Å². The van der Waals surface area contributed by atoms with Crippen molar-refractivity contribution in [2.24, 2.45) is 0 Å². The number of anilines is 3. The number of ether oxygens (including phenoxy) is 1. The van der Waals surface area contributed by atoms with Crippen molar-refractivity contribution in [2.45, 2.75) is 13.0 Å². The number of carbonyl (C=O) groups is 1. The highest BCUT2D eigenvalue weighted by molar-refractivity contribution is 7.13. The summed E-state index contributed by atoms with van der Waals surface area (Å²) in [4.78, 5) is 33.2. The van der Waals surface area contributed by atoms with Crippen LogP contribution in [0.5, 0.6) is 0 Å². The third kappa shape index (κ3) is 5.11. The number of hydrogen-bond acceptors (Lipinski definition) is 10. The summed E-state index contributed by atoms with van der Waals surface area (Å²) >= 11 is 1.42. The zero-order chi connectivity index (χ0) is 20.8. The van der Waals surface area contributed by atoms with Gasteiger partial charge in [-0.15, -0.1) is 11.3 Å². The van der Waals surface area contributed by atoms with E-state index in [1.54, 1.807) is 6.20 Å². The lowest BCUT2D eigenvalue weighted by atomic mass is 10.3. The maximum atomic E-state index is 12.2. The van der Waals surface area contributed by atoms with Gasteiger partial charge in [-0.2, -0.15) is 15.0 Å². The molecule has 30 heavy (non-hydrogen) atoms. The predicted molar refractivity (Wildman–Crippen MR) is 113 cm³/mol. The standard InChI is InChI=1S/C20H17N7O2S/c21-19-25-16(26-20(27-19)24-13-6-2-1-3-7-13)11-29-17(28)10-14-12-30-18(23-14)15-8-4-5-9-22-15/h1-9,12H,10-11H2,(H3,21,24,25,26,27). The molecule has 0 saturated heterocycles. The SMILES string of the molecule is Nc1nc(COC(=O)Cc2csc(-c3ccccn3)n2)nc(Nc2ccccc2)n1. The molecule has 0 saturated carbocycles. The van der Waals surface area contributed by atoms with E-state index in [-0.39, 0.29) is 30.7 Å². The zero-order valence-corrected chi connectivity index (χ0v) is 16.5. The van der Waals surface area contributed by atoms with Gasteiger partial charge in [0.25, 0.3) is 0 Å². The maximum absolute atomic E-state index is 12.2. The summed E-state index contributed by atoms with van der Waals surface area (Å²) in [5.41, 5.74) is 7.93. The summed E-state index contributed by atoms with van der Waals surface area (Å²) in [6.07, 6.45) is 1.74. The Bertz CT molecular complexity index is 1140. The quantitative estimate of drug-likeness (QED) is 0.434. The van der Waals surface area contributed by atoms with Gasteiger partial charge in [-0.1, -0.05) is 24.3 Å². The molecule has 0 spiro atoms. The molecule has 9 nitrogen and oxygen atoms in total. The minimum Gasteiger partial charge on any atom is -0.457 e. The lowest BCUT2D eigenvalue weighted by Gasteiger charge is -2.07. The maximum Gasteiger partial charge on any atom is 0.312 e. The van der Waals surface area contributed by atoms with Crippen LogP contribution in [0.2, 0.25) is 0 Å². The first-order valence-electron chi connectivity index (χ1n) is 8.99. The molecule has 1 aromatic carbocycles. The van der Waals surface area contributed by atoms with Gasteiger partial charge in [0, 0.05) is 17.3 Å². The molecule has 0 bridgehead atoms. The number of esters is 1. The molecule has 10 heteroatoms. The molecular formula is C20H17N7O2S. The van der Waals surface area contributed by atoms with Crippen molar-refractivity contribution in [2.75, 3.05) is 11.1 Å². The van der Waals surface area contributed by atoms with Crippen LogP contribution >= 0.6 is 11.3 Å². The molecule has 0 aliphatic carbocycles. The van der Waals surface area contributed by atoms with Crippen LogP contribution in [-0.2, 0) is 22.6 Å². The number of thiazole rings is 1. The van der Waals surface area contributed by atoms with Gasteiger partial charge in [0.15, 0.2) is 12.4 Å². The van der Waals surface area contributed by atoms with Crippen molar-refractivity contribution < 1.29 is 9.53 Å². The van der Waals surface area contributed by atoms with E-state index < -0.39 is 5.97 Å². The third-order valence-electron chi connectivity index (χ3n) is 3.85. The summed E-state index contributed by atoms with van der Waals surface area (Å²) in [5, 5.41) is 5.60. The largest absolute Gasteiger partial charge is 0.457 e. The fraction of sp³-hybridized carbons (Fsp3) is 0.100. The van der Waals surface area contributed by atoms with Crippen molar-refractivity contribution in [3.8, 4) is 10.7 Å². The van der Waals surface area contributed by atoms with E-state index in [9.17, 15) is 4.79 Å². The molecule has 0 atom stereocenters. The van der Waals surface area contributed by atoms with Crippen LogP contribution in [0.15, 0.2) is 60.1 Å². The Morgan fingerprint density at radius 3 is 2.67 bits per heavy atom. The summed E-state index contributed by atoms with van der Waals surface area (Å²) in [5.74, 6) is 0.124. The van der Waals surface area contributed by atoms with Crippen molar-refractivity contribution in [3.05, 3.63) is 71.6 Å². The average molecular weight is 419 g/mol. The minimum absolute atomic E-state index is 0.0361. The van der Waals surface area contributed by atoms with E-state index >= 15 is 0 Å². The van der Waals surface area contributed by atoms with Crippen LogP contribution in [0, 0.1) is 0 Å². The van der Waals surface area contributed by atoms with Gasteiger partial charge in [0.1, 0.15) is 5.01 Å². The molecule has 4 aromatic rings. The number of pyridine rings is 1. The molecule has 3 N–H and O–H groups in total. The molecule has 0 amide bonds. The van der Waals surface area contributed by atoms with Gasteiger partial charge >= 0.3 is 5.97 Å². The number of nitrogen functional groups attached to an aromatic ring is 1. The van der Waals surface area contributed by atoms with Crippen molar-refractivity contribution >= 4 is 34.9 Å². The second-order valence-electron chi connectivity index (χ2n) is 6.12. The Kier molecular flexibility index (Phi) is 5.85. The number of rotatable bonds is 7. The van der Waals surface area contributed by atoms with Crippen LogP contribution in [-0.4, -0.2) is 30.9 Å². The van der Waals surface area contributed by atoms with Crippen LogP contribution in [0.1, 0.15) is 11.5 Å². The number of para-hydroxylation sites is 1. The number of nitrogens with zero attached hydrogens (tertiary/aromatic N) is 5. The van der Waals surface area contributed by atoms with Gasteiger partial charge in [0.05, 0.1) is 17.8 Å². The van der Waals surface area contributed by atoms with E-state index in [4.69, 9.17) is 10.5 Å². The van der Waals surface area contributed by atoms with Gasteiger partial charge in [-0.25, -0.2) is 4.98 Å². The monoisotopic (exact) mass is 419 g/mol. The second kappa shape index (κ2) is 9.05. The molecule has 0 radical (unpaired) electrons. The van der Waals surface area contributed by atoms with E-state index in [2.05, 4.69) is 30.2 Å². The fourth-order valence-electron chi connectivity index (χ4n) is 2.55. The smallest absolute Gasteiger partial charge is 0.312 e. The molecule has 0 aliphatic rings. The predicted octanol–water partition coefficient (Wildman–Crippen LogP) is 3.00. The Labute approximate surface area is 176 Å². The highest BCUT2D eigenvalue weighted by atomic mass is 32.1. The van der Waals surface area contributed by atoms with Gasteiger partial charge in [-0.3, -0.25) is 9.78 Å². The first kappa shape index (κ1) is 19.4. The van der Waals surface area contributed by atoms with Crippen LogP contribution in [0.3, 0.4) is 0 Å². The Hall–Kier alpha value is -3.92. The summed E-state index contributed by atoms with van der Waals surface area (Å²) in [6, 6.07) is 15.0.